The minimum atomic E-state index is -0.621. The minimum absolute atomic E-state index is 0.191. The Kier molecular flexibility index (Phi) is 14.4. The third kappa shape index (κ3) is 13.7. The number of carbonyl (C=O) groups excluding carboxylic acids is 2. The number of hydrogen-bond donors (Lipinski definition) is 0. The summed E-state index contributed by atoms with van der Waals surface area (Å²) < 4.78 is 22.9. The molecule has 0 heterocycles. The molecule has 0 bridgehead atoms. The van der Waals surface area contributed by atoms with Gasteiger partial charge in [0.05, 0.1) is 10.8 Å². The van der Waals surface area contributed by atoms with Crippen LogP contribution in [0.15, 0.2) is 35.4 Å². The maximum Gasteiger partial charge on any atom is 0.314 e. The zero-order valence-corrected chi connectivity index (χ0v) is 26.1. The quantitative estimate of drug-likeness (QED) is 0.0954. The van der Waals surface area contributed by atoms with Gasteiger partial charge in [-0.05, 0) is 112 Å². The SMILES string of the molecule is CCCCCc1cc(OCOC(=O)C(C)(C)C)c(CC=C(C)CCC=C(C)C)c(OCOC(=O)C(C)(C)C)c1. The summed E-state index contributed by atoms with van der Waals surface area (Å²) >= 11 is 0. The number of rotatable bonds is 15. The lowest BCUT2D eigenvalue weighted by molar-refractivity contribution is -0.160. The molecule has 0 unspecified atom stereocenters. The van der Waals surface area contributed by atoms with Gasteiger partial charge in [0.25, 0.3) is 0 Å². The van der Waals surface area contributed by atoms with Crippen LogP contribution < -0.4 is 9.47 Å². The molecule has 0 aliphatic heterocycles. The molecule has 0 saturated carbocycles. The molecular weight excluding hydrogens is 492 g/mol. The van der Waals surface area contributed by atoms with Crippen LogP contribution in [0.3, 0.4) is 0 Å². The van der Waals surface area contributed by atoms with Crippen LogP contribution in [0.25, 0.3) is 0 Å². The van der Waals surface area contributed by atoms with Crippen molar-refractivity contribution in [3.8, 4) is 11.5 Å². The smallest absolute Gasteiger partial charge is 0.314 e. The Labute approximate surface area is 237 Å². The fraction of sp³-hybridized carbons (Fsp3) is 0.636. The van der Waals surface area contributed by atoms with Crippen LogP contribution in [-0.4, -0.2) is 25.5 Å². The molecule has 6 heteroatoms. The van der Waals surface area contributed by atoms with E-state index in [0.29, 0.717) is 17.9 Å². The average Bonchev–Trinajstić information content (AvgIpc) is 2.82. The highest BCUT2D eigenvalue weighted by Gasteiger charge is 2.24. The molecular formula is C33H52O6. The highest BCUT2D eigenvalue weighted by Crippen LogP contribution is 2.33. The lowest BCUT2D eigenvalue weighted by Gasteiger charge is -2.21. The van der Waals surface area contributed by atoms with Crippen molar-refractivity contribution in [3.05, 3.63) is 46.6 Å². The fourth-order valence-corrected chi connectivity index (χ4v) is 3.55. The molecule has 0 amide bonds. The van der Waals surface area contributed by atoms with E-state index < -0.39 is 10.8 Å². The molecule has 0 aliphatic carbocycles. The topological polar surface area (TPSA) is 71.1 Å². The summed E-state index contributed by atoms with van der Waals surface area (Å²) in [6.07, 6.45) is 11.1. The lowest BCUT2D eigenvalue weighted by Crippen LogP contribution is -2.25. The van der Waals surface area contributed by atoms with Gasteiger partial charge in [-0.1, -0.05) is 43.1 Å². The summed E-state index contributed by atoms with van der Waals surface area (Å²) in [6, 6.07) is 4.02. The molecule has 1 aromatic carbocycles. The first-order chi connectivity index (χ1) is 18.1. The van der Waals surface area contributed by atoms with Gasteiger partial charge in [-0.15, -0.1) is 0 Å². The predicted octanol–water partition coefficient (Wildman–Crippen LogP) is 8.51. The van der Waals surface area contributed by atoms with E-state index in [0.717, 1.165) is 49.7 Å². The first kappa shape index (κ1) is 34.3. The number of aryl methyl sites for hydroxylation is 1. The molecule has 0 fully saturated rings. The molecule has 0 atom stereocenters. The van der Waals surface area contributed by atoms with Crippen LogP contribution in [0.1, 0.15) is 112 Å². The van der Waals surface area contributed by atoms with E-state index in [1.54, 1.807) is 0 Å². The summed E-state index contributed by atoms with van der Waals surface area (Å²) in [5.41, 5.74) is 3.21. The Morgan fingerprint density at radius 1 is 0.795 bits per heavy atom. The number of carbonyl (C=O) groups is 2. The van der Waals surface area contributed by atoms with E-state index in [2.05, 4.69) is 39.8 Å². The maximum atomic E-state index is 12.3. The Hall–Kier alpha value is -2.76. The highest BCUT2D eigenvalue weighted by atomic mass is 16.7. The zero-order chi connectivity index (χ0) is 29.6. The summed E-state index contributed by atoms with van der Waals surface area (Å²) in [4.78, 5) is 24.6. The normalized spacial score (nSPS) is 12.1. The monoisotopic (exact) mass is 544 g/mol. The van der Waals surface area contributed by atoms with Crippen molar-refractivity contribution in [1.82, 2.24) is 0 Å². The first-order valence-electron chi connectivity index (χ1n) is 14.2. The van der Waals surface area contributed by atoms with Crippen LogP contribution in [0.5, 0.6) is 11.5 Å². The van der Waals surface area contributed by atoms with Gasteiger partial charge < -0.3 is 18.9 Å². The highest BCUT2D eigenvalue weighted by molar-refractivity contribution is 5.75. The second kappa shape index (κ2) is 16.4. The summed E-state index contributed by atoms with van der Waals surface area (Å²) in [7, 11) is 0. The van der Waals surface area contributed by atoms with Crippen LogP contribution in [0.4, 0.5) is 0 Å². The van der Waals surface area contributed by atoms with Crippen LogP contribution >= 0.6 is 0 Å². The van der Waals surface area contributed by atoms with E-state index in [1.807, 2.05) is 53.7 Å². The maximum absolute atomic E-state index is 12.3. The number of benzene rings is 1. The molecule has 6 nitrogen and oxygen atoms in total. The number of hydrogen-bond acceptors (Lipinski definition) is 6. The Bertz CT molecular complexity index is 931. The van der Waals surface area contributed by atoms with E-state index >= 15 is 0 Å². The Morgan fingerprint density at radius 2 is 1.31 bits per heavy atom. The van der Waals surface area contributed by atoms with Crippen molar-refractivity contribution in [2.45, 2.75) is 114 Å². The standard InChI is InChI=1S/C33H52O6/c1-11-12-13-17-26-20-28(36-22-38-30(34)32(5,6)7)27(19-18-25(4)16-14-15-24(2)3)29(21-26)37-23-39-31(35)33(8,9)10/h15,18,20-21H,11-14,16-17,19,22-23H2,1-10H3. The molecule has 39 heavy (non-hydrogen) atoms. The third-order valence-electron chi connectivity index (χ3n) is 6.08. The molecule has 220 valence electrons. The molecule has 0 aliphatic rings. The van der Waals surface area contributed by atoms with E-state index in [-0.39, 0.29) is 25.5 Å². The van der Waals surface area contributed by atoms with Crippen molar-refractivity contribution in [3.63, 3.8) is 0 Å². The lowest BCUT2D eigenvalue weighted by atomic mass is 9.97. The zero-order valence-electron chi connectivity index (χ0n) is 26.1. The third-order valence-corrected chi connectivity index (χ3v) is 6.08. The number of esters is 2. The molecule has 0 aromatic heterocycles. The van der Waals surface area contributed by atoms with E-state index in [4.69, 9.17) is 18.9 Å². The average molecular weight is 545 g/mol. The molecule has 1 rings (SSSR count). The van der Waals surface area contributed by atoms with Crippen molar-refractivity contribution < 1.29 is 28.5 Å². The summed E-state index contributed by atoms with van der Waals surface area (Å²) in [5.74, 6) is 0.555. The van der Waals surface area contributed by atoms with Gasteiger partial charge in [0.1, 0.15) is 11.5 Å². The van der Waals surface area contributed by atoms with E-state index in [1.165, 1.54) is 11.1 Å². The van der Waals surface area contributed by atoms with Crippen molar-refractivity contribution in [2.75, 3.05) is 13.6 Å². The molecule has 0 spiro atoms. The van der Waals surface area contributed by atoms with Gasteiger partial charge in [0.2, 0.25) is 13.6 Å². The summed E-state index contributed by atoms with van der Waals surface area (Å²) in [6.45, 7) is 19.0. The number of ether oxygens (including phenoxy) is 4. The van der Waals surface area contributed by atoms with Crippen molar-refractivity contribution >= 4 is 11.9 Å². The molecule has 0 saturated heterocycles. The Morgan fingerprint density at radius 3 is 1.74 bits per heavy atom. The van der Waals surface area contributed by atoms with Gasteiger partial charge in [0.15, 0.2) is 0 Å². The molecule has 0 N–H and O–H groups in total. The van der Waals surface area contributed by atoms with Gasteiger partial charge in [-0.2, -0.15) is 0 Å². The second-order valence-electron chi connectivity index (χ2n) is 12.5. The van der Waals surface area contributed by atoms with Gasteiger partial charge in [0, 0.05) is 5.56 Å². The van der Waals surface area contributed by atoms with Crippen LogP contribution in [0, 0.1) is 10.8 Å². The predicted molar refractivity (Wildman–Crippen MR) is 158 cm³/mol. The second-order valence-corrected chi connectivity index (χ2v) is 12.5. The molecule has 1 aromatic rings. The van der Waals surface area contributed by atoms with Crippen LogP contribution in [0.2, 0.25) is 0 Å². The van der Waals surface area contributed by atoms with Gasteiger partial charge >= 0.3 is 11.9 Å². The van der Waals surface area contributed by atoms with Crippen LogP contribution in [-0.2, 0) is 31.9 Å². The number of allylic oxidation sites excluding steroid dienone is 4. The first-order valence-corrected chi connectivity index (χ1v) is 14.2. The van der Waals surface area contributed by atoms with Gasteiger partial charge in [-0.3, -0.25) is 9.59 Å². The van der Waals surface area contributed by atoms with Crippen molar-refractivity contribution in [2.24, 2.45) is 10.8 Å². The summed E-state index contributed by atoms with van der Waals surface area (Å²) in [5, 5.41) is 0. The fourth-order valence-electron chi connectivity index (χ4n) is 3.55. The van der Waals surface area contributed by atoms with E-state index in [9.17, 15) is 9.59 Å². The molecule has 0 radical (unpaired) electrons. The largest absolute Gasteiger partial charge is 0.457 e. The number of unbranched alkanes of at least 4 members (excludes halogenated alkanes) is 2. The Balaban J connectivity index is 3.31. The van der Waals surface area contributed by atoms with Gasteiger partial charge in [-0.25, -0.2) is 0 Å². The minimum Gasteiger partial charge on any atom is -0.457 e. The van der Waals surface area contributed by atoms with Crippen molar-refractivity contribution in [1.29, 1.82) is 0 Å².